The second-order valence-corrected chi connectivity index (χ2v) is 9.57. The van der Waals surface area contributed by atoms with Crippen LogP contribution >= 0.6 is 0 Å². The summed E-state index contributed by atoms with van der Waals surface area (Å²) in [6.07, 6.45) is 6.37. The summed E-state index contributed by atoms with van der Waals surface area (Å²) in [5.74, 6) is 0.477. The van der Waals surface area contributed by atoms with E-state index in [0.717, 1.165) is 18.5 Å². The number of carbonyl (C=O) groups excluding carboxylic acids is 1. The normalized spacial score (nSPS) is 22.9. The minimum atomic E-state index is -3.04. The van der Waals surface area contributed by atoms with Crippen LogP contribution in [0.25, 0.3) is 0 Å². The summed E-state index contributed by atoms with van der Waals surface area (Å²) in [6.45, 7) is 4.19. The third-order valence-corrected chi connectivity index (χ3v) is 7.01. The molecule has 144 valence electrons. The molecule has 0 radical (unpaired) electrons. The van der Waals surface area contributed by atoms with Gasteiger partial charge in [0.25, 0.3) is 5.91 Å². The molecule has 0 bridgehead atoms. The number of hydrogen-bond acceptors (Lipinski definition) is 6. The van der Waals surface area contributed by atoms with Gasteiger partial charge in [0.15, 0.2) is 9.84 Å². The molecule has 1 N–H and O–H groups in total. The van der Waals surface area contributed by atoms with Crippen LogP contribution < -0.4 is 5.32 Å². The van der Waals surface area contributed by atoms with Crippen LogP contribution in [0, 0.1) is 6.92 Å². The summed E-state index contributed by atoms with van der Waals surface area (Å²) in [7, 11) is -3.04. The minimum Gasteiger partial charge on any atom is -0.351 e. The molecule has 1 unspecified atom stereocenters. The van der Waals surface area contributed by atoms with Crippen LogP contribution in [-0.2, 0) is 9.84 Å². The van der Waals surface area contributed by atoms with Crippen molar-refractivity contribution < 1.29 is 13.2 Å². The van der Waals surface area contributed by atoms with Crippen LogP contribution in [-0.4, -0.2) is 59.3 Å². The van der Waals surface area contributed by atoms with Crippen molar-refractivity contribution in [1.29, 1.82) is 0 Å². The van der Waals surface area contributed by atoms with Gasteiger partial charge in [-0.2, -0.15) is 0 Å². The Hall–Kier alpha value is -1.70. The van der Waals surface area contributed by atoms with Gasteiger partial charge in [0, 0.05) is 24.3 Å². The van der Waals surface area contributed by atoms with Crippen molar-refractivity contribution >= 4 is 21.7 Å². The van der Waals surface area contributed by atoms with Gasteiger partial charge >= 0.3 is 0 Å². The van der Waals surface area contributed by atoms with Crippen molar-refractivity contribution in [3.05, 3.63) is 17.5 Å². The lowest BCUT2D eigenvalue weighted by Gasteiger charge is -2.27. The van der Waals surface area contributed by atoms with Crippen LogP contribution in [0.1, 0.15) is 61.6 Å². The predicted octanol–water partition coefficient (Wildman–Crippen LogP) is 2.18. The maximum Gasteiger partial charge on any atom is 0.272 e. The average molecular weight is 381 g/mol. The Morgan fingerprint density at radius 1 is 1.23 bits per heavy atom. The molecule has 0 aromatic carbocycles. The number of nitrogens with one attached hydrogen (secondary N) is 1. The summed E-state index contributed by atoms with van der Waals surface area (Å²) in [6, 6.07) is 1.78. The smallest absolute Gasteiger partial charge is 0.272 e. The molecule has 8 heteroatoms. The van der Waals surface area contributed by atoms with E-state index in [4.69, 9.17) is 0 Å². The molecule has 1 aromatic heterocycles. The van der Waals surface area contributed by atoms with Crippen molar-refractivity contribution in [2.45, 2.75) is 64.5 Å². The zero-order valence-corrected chi connectivity index (χ0v) is 16.4. The maximum absolute atomic E-state index is 13.0. The number of amides is 1. The van der Waals surface area contributed by atoms with Gasteiger partial charge in [-0.25, -0.2) is 18.4 Å². The molecule has 1 aliphatic heterocycles. The number of aromatic nitrogens is 2. The van der Waals surface area contributed by atoms with E-state index in [1.165, 1.54) is 19.3 Å². The number of rotatable bonds is 5. The van der Waals surface area contributed by atoms with Crippen molar-refractivity contribution in [3.8, 4) is 0 Å². The molecule has 1 aliphatic carbocycles. The fourth-order valence-corrected chi connectivity index (χ4v) is 5.64. The second kappa shape index (κ2) is 7.90. The Kier molecular flexibility index (Phi) is 5.79. The molecule has 2 fully saturated rings. The van der Waals surface area contributed by atoms with Gasteiger partial charge < -0.3 is 10.2 Å². The van der Waals surface area contributed by atoms with E-state index in [1.54, 1.807) is 11.0 Å². The summed E-state index contributed by atoms with van der Waals surface area (Å²) in [4.78, 5) is 23.5. The summed E-state index contributed by atoms with van der Waals surface area (Å²) < 4.78 is 23.6. The first-order chi connectivity index (χ1) is 12.4. The van der Waals surface area contributed by atoms with Crippen molar-refractivity contribution in [1.82, 2.24) is 14.9 Å². The average Bonchev–Trinajstić information content (AvgIpc) is 2.95. The molecule has 26 heavy (non-hydrogen) atoms. The number of carbonyl (C=O) groups is 1. The quantitative estimate of drug-likeness (QED) is 0.842. The maximum atomic E-state index is 13.0. The second-order valence-electron chi connectivity index (χ2n) is 7.35. The van der Waals surface area contributed by atoms with E-state index < -0.39 is 9.84 Å². The SMILES string of the molecule is CCN(C(=O)c1cc(C)nc(NC2CCCCC2)n1)C1CCS(=O)(=O)C1. The van der Waals surface area contributed by atoms with Gasteiger partial charge in [-0.05, 0) is 39.2 Å². The fourth-order valence-electron chi connectivity index (χ4n) is 3.91. The molecule has 1 amide bonds. The Morgan fingerprint density at radius 2 is 1.96 bits per heavy atom. The highest BCUT2D eigenvalue weighted by Crippen LogP contribution is 2.22. The van der Waals surface area contributed by atoms with E-state index in [0.29, 0.717) is 30.6 Å². The summed E-state index contributed by atoms with van der Waals surface area (Å²) in [5, 5.41) is 3.37. The van der Waals surface area contributed by atoms with Crippen LogP contribution in [0.2, 0.25) is 0 Å². The van der Waals surface area contributed by atoms with Crippen LogP contribution in [0.15, 0.2) is 6.07 Å². The van der Waals surface area contributed by atoms with E-state index in [-0.39, 0.29) is 23.5 Å². The molecular formula is C18H28N4O3S. The Morgan fingerprint density at radius 3 is 2.58 bits per heavy atom. The molecule has 1 aromatic rings. The Labute approximate surface area is 155 Å². The number of nitrogens with zero attached hydrogens (tertiary/aromatic N) is 3. The third kappa shape index (κ3) is 4.52. The topological polar surface area (TPSA) is 92.3 Å². The van der Waals surface area contributed by atoms with E-state index in [9.17, 15) is 13.2 Å². The standard InChI is InChI=1S/C18H28N4O3S/c1-3-22(15-9-10-26(24,25)12-15)17(23)16-11-13(2)19-18(21-16)20-14-7-5-4-6-8-14/h11,14-15H,3-10,12H2,1-2H3,(H,19,20,21). The van der Waals surface area contributed by atoms with Crippen LogP contribution in [0.3, 0.4) is 0 Å². The molecule has 2 aliphatic rings. The van der Waals surface area contributed by atoms with Crippen molar-refractivity contribution in [2.75, 3.05) is 23.4 Å². The number of anilines is 1. The molecule has 7 nitrogen and oxygen atoms in total. The highest BCUT2D eigenvalue weighted by molar-refractivity contribution is 7.91. The Balaban J connectivity index is 1.77. The van der Waals surface area contributed by atoms with Gasteiger partial charge in [-0.3, -0.25) is 4.79 Å². The number of hydrogen-bond donors (Lipinski definition) is 1. The molecule has 1 atom stereocenters. The van der Waals surface area contributed by atoms with Crippen molar-refractivity contribution in [3.63, 3.8) is 0 Å². The lowest BCUT2D eigenvalue weighted by atomic mass is 9.96. The lowest BCUT2D eigenvalue weighted by molar-refractivity contribution is 0.0702. The highest BCUT2D eigenvalue weighted by atomic mass is 32.2. The minimum absolute atomic E-state index is 0.0455. The van der Waals surface area contributed by atoms with Gasteiger partial charge in [0.1, 0.15) is 5.69 Å². The molecule has 2 heterocycles. The Bertz CT molecular complexity index is 760. The molecular weight excluding hydrogens is 352 g/mol. The molecule has 0 spiro atoms. The van der Waals surface area contributed by atoms with Gasteiger partial charge in [-0.1, -0.05) is 19.3 Å². The largest absolute Gasteiger partial charge is 0.351 e. The van der Waals surface area contributed by atoms with Gasteiger partial charge in [0.2, 0.25) is 5.95 Å². The summed E-state index contributed by atoms with van der Waals surface area (Å²) >= 11 is 0. The number of sulfone groups is 1. The number of aryl methyl sites for hydroxylation is 1. The van der Waals surface area contributed by atoms with E-state index >= 15 is 0 Å². The van der Waals surface area contributed by atoms with Crippen molar-refractivity contribution in [2.24, 2.45) is 0 Å². The van der Waals surface area contributed by atoms with E-state index in [1.807, 2.05) is 13.8 Å². The predicted molar refractivity (Wildman–Crippen MR) is 101 cm³/mol. The molecule has 1 saturated heterocycles. The fraction of sp³-hybridized carbons (Fsp3) is 0.722. The highest BCUT2D eigenvalue weighted by Gasteiger charge is 2.34. The zero-order chi connectivity index (χ0) is 18.7. The molecule has 3 rings (SSSR count). The van der Waals surface area contributed by atoms with Gasteiger partial charge in [-0.15, -0.1) is 0 Å². The zero-order valence-electron chi connectivity index (χ0n) is 15.6. The first kappa shape index (κ1) is 19.1. The van der Waals surface area contributed by atoms with E-state index in [2.05, 4.69) is 15.3 Å². The first-order valence-electron chi connectivity index (χ1n) is 9.51. The van der Waals surface area contributed by atoms with Crippen LogP contribution in [0.5, 0.6) is 0 Å². The molecule has 1 saturated carbocycles. The van der Waals surface area contributed by atoms with Crippen LogP contribution in [0.4, 0.5) is 5.95 Å². The first-order valence-corrected chi connectivity index (χ1v) is 11.3. The van der Waals surface area contributed by atoms with Gasteiger partial charge in [0.05, 0.1) is 11.5 Å². The monoisotopic (exact) mass is 380 g/mol. The summed E-state index contributed by atoms with van der Waals surface area (Å²) in [5.41, 5.74) is 1.07. The lowest BCUT2D eigenvalue weighted by Crippen LogP contribution is -2.41. The third-order valence-electron chi connectivity index (χ3n) is 5.26.